The van der Waals surface area contributed by atoms with Gasteiger partial charge in [-0.25, -0.2) is 27.5 Å². The van der Waals surface area contributed by atoms with Gasteiger partial charge in [0.1, 0.15) is 29.0 Å². The second-order valence-corrected chi connectivity index (χ2v) is 7.00. The van der Waals surface area contributed by atoms with E-state index in [1.165, 1.54) is 12.3 Å². The van der Waals surface area contributed by atoms with E-state index in [-0.39, 0.29) is 17.2 Å². The Labute approximate surface area is 173 Å². The second kappa shape index (κ2) is 7.65. The van der Waals surface area contributed by atoms with Crippen LogP contribution in [0.25, 0.3) is 11.3 Å². The quantitative estimate of drug-likeness (QED) is 0.611. The molecular formula is C20H16F4N6O. The first-order valence-corrected chi connectivity index (χ1v) is 9.52. The van der Waals surface area contributed by atoms with E-state index < -0.39 is 29.3 Å². The molecule has 0 unspecified atom stereocenters. The van der Waals surface area contributed by atoms with Crippen LogP contribution in [0.3, 0.4) is 0 Å². The minimum Gasteiger partial charge on any atom is -0.378 e. The monoisotopic (exact) mass is 432 g/mol. The van der Waals surface area contributed by atoms with Gasteiger partial charge in [0.2, 0.25) is 0 Å². The second-order valence-electron chi connectivity index (χ2n) is 7.00. The van der Waals surface area contributed by atoms with Crippen LogP contribution >= 0.6 is 0 Å². The first kappa shape index (κ1) is 19.5. The largest absolute Gasteiger partial charge is 0.378 e. The molecule has 4 heterocycles. The maximum Gasteiger partial charge on any atom is 0.284 e. The van der Waals surface area contributed by atoms with Crippen LogP contribution in [0.4, 0.5) is 34.8 Å². The normalized spacial score (nSPS) is 15.8. The zero-order valence-corrected chi connectivity index (χ0v) is 16.0. The fraction of sp³-hybridized carbons (Fsp3) is 0.250. The fourth-order valence-corrected chi connectivity index (χ4v) is 3.63. The number of aromatic amines is 1. The van der Waals surface area contributed by atoms with Crippen molar-refractivity contribution in [1.82, 2.24) is 15.2 Å². The summed E-state index contributed by atoms with van der Waals surface area (Å²) in [4.78, 5) is 10.6. The van der Waals surface area contributed by atoms with Gasteiger partial charge in [-0.1, -0.05) is 6.07 Å². The number of fused-ring (bicyclic) bond motifs is 3. The molecule has 0 amide bonds. The van der Waals surface area contributed by atoms with Crippen molar-refractivity contribution in [3.63, 3.8) is 0 Å². The standard InChI is InChI=1S/C20H16F4N6O/c21-11-2-1-3-12(22)15(11)20-26-13-9-25-14(30-4-6-31-7-5-30)8-10(13)16-17(27-20)18(19(23)24)29-28-16/h1-3,8-9,19H,4-7H2,(H,26,27)(H,28,29). The molecule has 11 heteroatoms. The van der Waals surface area contributed by atoms with Crippen LogP contribution in [0.1, 0.15) is 17.7 Å². The average molecular weight is 432 g/mol. The lowest BCUT2D eigenvalue weighted by Crippen LogP contribution is -2.36. The molecule has 0 aliphatic carbocycles. The summed E-state index contributed by atoms with van der Waals surface area (Å²) in [6, 6.07) is 5.05. The lowest BCUT2D eigenvalue weighted by atomic mass is 10.1. The number of hydrogen-bond donors (Lipinski definition) is 2. The number of nitrogens with one attached hydrogen (secondary N) is 2. The molecule has 1 fully saturated rings. The molecule has 160 valence electrons. The molecule has 0 radical (unpaired) electrons. The van der Waals surface area contributed by atoms with E-state index in [0.29, 0.717) is 43.4 Å². The topological polar surface area (TPSA) is 78.4 Å². The molecule has 2 aromatic heterocycles. The van der Waals surface area contributed by atoms with Crippen LogP contribution in [0.2, 0.25) is 0 Å². The van der Waals surface area contributed by atoms with Gasteiger partial charge in [-0.05, 0) is 18.2 Å². The van der Waals surface area contributed by atoms with Crippen LogP contribution in [-0.4, -0.2) is 47.3 Å². The van der Waals surface area contributed by atoms with Crippen LogP contribution in [0.15, 0.2) is 35.5 Å². The number of amidine groups is 1. The molecule has 1 saturated heterocycles. The number of pyridine rings is 1. The molecule has 7 nitrogen and oxygen atoms in total. The average Bonchev–Trinajstić information content (AvgIpc) is 3.11. The molecular weight excluding hydrogens is 416 g/mol. The summed E-state index contributed by atoms with van der Waals surface area (Å²) in [5.74, 6) is -1.39. The highest BCUT2D eigenvalue weighted by molar-refractivity contribution is 6.13. The van der Waals surface area contributed by atoms with E-state index in [1.54, 1.807) is 6.07 Å². The smallest absolute Gasteiger partial charge is 0.284 e. The minimum absolute atomic E-state index is 0.182. The van der Waals surface area contributed by atoms with E-state index in [1.807, 2.05) is 4.90 Å². The number of aromatic nitrogens is 3. The van der Waals surface area contributed by atoms with Crippen molar-refractivity contribution >= 4 is 23.0 Å². The number of aliphatic imine (C=N–C) groups is 1. The van der Waals surface area contributed by atoms with Crippen molar-refractivity contribution in [1.29, 1.82) is 0 Å². The van der Waals surface area contributed by atoms with Crippen LogP contribution in [-0.2, 0) is 4.74 Å². The van der Waals surface area contributed by atoms with Crippen LogP contribution < -0.4 is 10.2 Å². The summed E-state index contributed by atoms with van der Waals surface area (Å²) in [7, 11) is 0. The number of benzene rings is 1. The van der Waals surface area contributed by atoms with Gasteiger partial charge < -0.3 is 15.0 Å². The Morgan fingerprint density at radius 2 is 1.84 bits per heavy atom. The third-order valence-corrected chi connectivity index (χ3v) is 5.14. The van der Waals surface area contributed by atoms with Gasteiger partial charge >= 0.3 is 0 Å². The summed E-state index contributed by atoms with van der Waals surface area (Å²) < 4.78 is 61.4. The van der Waals surface area contributed by atoms with Crippen LogP contribution in [0.5, 0.6) is 0 Å². The van der Waals surface area contributed by atoms with E-state index in [9.17, 15) is 17.6 Å². The number of rotatable bonds is 3. The van der Waals surface area contributed by atoms with Gasteiger partial charge in [-0.2, -0.15) is 5.10 Å². The third-order valence-electron chi connectivity index (χ3n) is 5.14. The summed E-state index contributed by atoms with van der Waals surface area (Å²) >= 11 is 0. The predicted molar refractivity (Wildman–Crippen MR) is 106 cm³/mol. The molecule has 2 aliphatic heterocycles. The molecule has 0 atom stereocenters. The van der Waals surface area contributed by atoms with Gasteiger partial charge in [-0.3, -0.25) is 5.10 Å². The molecule has 3 aromatic rings. The Kier molecular flexibility index (Phi) is 4.81. The van der Waals surface area contributed by atoms with Gasteiger partial charge in [0, 0.05) is 18.7 Å². The molecule has 31 heavy (non-hydrogen) atoms. The van der Waals surface area contributed by atoms with E-state index in [4.69, 9.17) is 4.74 Å². The number of morpholine rings is 1. The maximum atomic E-state index is 14.4. The Morgan fingerprint density at radius 3 is 2.55 bits per heavy atom. The van der Waals surface area contributed by atoms with Crippen molar-refractivity contribution < 1.29 is 22.3 Å². The number of halogens is 4. The summed E-state index contributed by atoms with van der Waals surface area (Å²) in [6.07, 6.45) is -1.45. The van der Waals surface area contributed by atoms with Crippen LogP contribution in [0, 0.1) is 11.6 Å². The molecule has 0 saturated carbocycles. The molecule has 0 spiro atoms. The Hall–Kier alpha value is -3.47. The van der Waals surface area contributed by atoms with Crippen molar-refractivity contribution in [2.45, 2.75) is 6.43 Å². The molecule has 1 aromatic carbocycles. The van der Waals surface area contributed by atoms with Crippen molar-refractivity contribution in [3.8, 4) is 11.3 Å². The number of alkyl halides is 2. The minimum atomic E-state index is -2.93. The maximum absolute atomic E-state index is 14.4. The van der Waals surface area contributed by atoms with E-state index >= 15 is 0 Å². The fourth-order valence-electron chi connectivity index (χ4n) is 3.63. The van der Waals surface area contributed by atoms with Crippen molar-refractivity contribution in [2.75, 3.05) is 36.5 Å². The zero-order valence-electron chi connectivity index (χ0n) is 16.0. The van der Waals surface area contributed by atoms with E-state index in [2.05, 4.69) is 25.5 Å². The number of anilines is 2. The third kappa shape index (κ3) is 3.40. The Bertz CT molecular complexity index is 1150. The molecule has 2 aliphatic rings. The molecule has 0 bridgehead atoms. The highest BCUT2D eigenvalue weighted by Crippen LogP contribution is 2.42. The number of hydrogen-bond acceptors (Lipinski definition) is 6. The van der Waals surface area contributed by atoms with Crippen molar-refractivity contribution in [3.05, 3.63) is 53.4 Å². The number of ether oxygens (including phenoxy) is 1. The lowest BCUT2D eigenvalue weighted by molar-refractivity contribution is 0.122. The van der Waals surface area contributed by atoms with Gasteiger partial charge in [0.25, 0.3) is 6.43 Å². The lowest BCUT2D eigenvalue weighted by Gasteiger charge is -2.28. The van der Waals surface area contributed by atoms with Crippen molar-refractivity contribution in [2.24, 2.45) is 4.99 Å². The first-order valence-electron chi connectivity index (χ1n) is 9.52. The summed E-state index contributed by atoms with van der Waals surface area (Å²) in [6.45, 7) is 2.34. The number of nitrogens with zero attached hydrogens (tertiary/aromatic N) is 4. The highest BCUT2D eigenvalue weighted by atomic mass is 19.3. The van der Waals surface area contributed by atoms with Gasteiger partial charge in [0.05, 0.1) is 36.4 Å². The predicted octanol–water partition coefficient (Wildman–Crippen LogP) is 4.03. The van der Waals surface area contributed by atoms with Gasteiger partial charge in [0.15, 0.2) is 5.69 Å². The summed E-state index contributed by atoms with van der Waals surface area (Å²) in [5.41, 5.74) is -0.230. The summed E-state index contributed by atoms with van der Waals surface area (Å²) in [5, 5.41) is 9.16. The SMILES string of the molecule is Fc1cccc(F)c1C1=Nc2c(C(F)F)n[nH]c2-c2cc(N3CCOCC3)ncc2N1. The molecule has 2 N–H and O–H groups in total. The zero-order chi connectivity index (χ0) is 21.5. The van der Waals surface area contributed by atoms with E-state index in [0.717, 1.165) is 12.1 Å². The number of H-pyrrole nitrogens is 1. The first-order chi connectivity index (χ1) is 15.0. The van der Waals surface area contributed by atoms with Gasteiger partial charge in [-0.15, -0.1) is 0 Å². The highest BCUT2D eigenvalue weighted by Gasteiger charge is 2.29. The Balaban J connectivity index is 1.69. The Morgan fingerprint density at radius 1 is 1.10 bits per heavy atom. The molecule has 5 rings (SSSR count).